The Kier molecular flexibility index (Phi) is 26.3. The molecule has 0 bridgehead atoms. The Balaban J connectivity index is 3.73. The smallest absolute Gasteiger partial charge is 0.431 e. The summed E-state index contributed by atoms with van der Waals surface area (Å²) in [5.74, 6) is 0. The van der Waals surface area contributed by atoms with E-state index >= 15 is 0 Å². The minimum absolute atomic E-state index is 0.0105. The third-order valence-corrected chi connectivity index (χ3v) is 7.20. The molecule has 0 aliphatic carbocycles. The summed E-state index contributed by atoms with van der Waals surface area (Å²) < 4.78 is 11.3. The summed E-state index contributed by atoms with van der Waals surface area (Å²) in [5, 5.41) is 0. The van der Waals surface area contributed by atoms with Gasteiger partial charge in [0.25, 0.3) is 0 Å². The van der Waals surface area contributed by atoms with Crippen LogP contribution in [0.3, 0.4) is 0 Å². The molecule has 0 saturated heterocycles. The SMILES string of the molecule is CCCCCCCCCCCCC(CC)OC(=O)OC(CC)CCCCCCCCCCCC. The van der Waals surface area contributed by atoms with E-state index in [2.05, 4.69) is 27.7 Å². The quantitative estimate of drug-likeness (QED) is 0.0908. The van der Waals surface area contributed by atoms with Gasteiger partial charge >= 0.3 is 6.16 Å². The van der Waals surface area contributed by atoms with Crippen molar-refractivity contribution in [3.8, 4) is 0 Å². The zero-order valence-corrected chi connectivity index (χ0v) is 23.9. The van der Waals surface area contributed by atoms with Gasteiger partial charge in [-0.25, -0.2) is 4.79 Å². The zero-order valence-electron chi connectivity index (χ0n) is 23.9. The number of rotatable bonds is 26. The number of unbranched alkanes of at least 4 members (excludes halogenated alkanes) is 18. The highest BCUT2D eigenvalue weighted by atomic mass is 16.7. The van der Waals surface area contributed by atoms with Gasteiger partial charge in [-0.2, -0.15) is 0 Å². The predicted molar refractivity (Wildman–Crippen MR) is 149 cm³/mol. The normalized spacial score (nSPS) is 13.1. The van der Waals surface area contributed by atoms with Crippen LogP contribution < -0.4 is 0 Å². The Hall–Kier alpha value is -0.730. The monoisotopic (exact) mass is 482 g/mol. The van der Waals surface area contributed by atoms with E-state index in [1.54, 1.807) is 0 Å². The van der Waals surface area contributed by atoms with Crippen LogP contribution in [0.5, 0.6) is 0 Å². The molecule has 3 nitrogen and oxygen atoms in total. The van der Waals surface area contributed by atoms with Crippen molar-refractivity contribution in [2.75, 3.05) is 0 Å². The molecule has 0 N–H and O–H groups in total. The number of carbonyl (C=O) groups is 1. The van der Waals surface area contributed by atoms with Crippen molar-refractivity contribution in [3.05, 3.63) is 0 Å². The summed E-state index contributed by atoms with van der Waals surface area (Å²) in [6.07, 6.45) is 30.0. The van der Waals surface area contributed by atoms with Crippen molar-refractivity contribution in [1.29, 1.82) is 0 Å². The average Bonchev–Trinajstić information content (AvgIpc) is 2.84. The predicted octanol–water partition coefficient (Wildman–Crippen LogP) is 11.3. The first-order chi connectivity index (χ1) is 16.7. The molecule has 0 heterocycles. The van der Waals surface area contributed by atoms with Crippen molar-refractivity contribution in [2.45, 2.75) is 194 Å². The van der Waals surface area contributed by atoms with Gasteiger partial charge in [0.1, 0.15) is 12.2 Å². The Bertz CT molecular complexity index is 373. The van der Waals surface area contributed by atoms with Gasteiger partial charge in [0.05, 0.1) is 0 Å². The van der Waals surface area contributed by atoms with Crippen LogP contribution in [0.1, 0.15) is 182 Å². The van der Waals surface area contributed by atoms with Crippen LogP contribution in [-0.4, -0.2) is 18.4 Å². The maximum atomic E-state index is 12.3. The molecule has 2 atom stereocenters. The van der Waals surface area contributed by atoms with Crippen molar-refractivity contribution < 1.29 is 14.3 Å². The maximum Gasteiger partial charge on any atom is 0.508 e. The molecule has 0 aromatic rings. The molecule has 0 saturated carbocycles. The molecule has 0 fully saturated rings. The Labute approximate surface area is 214 Å². The number of ether oxygens (including phenoxy) is 2. The van der Waals surface area contributed by atoms with Gasteiger partial charge in [-0.05, 0) is 38.5 Å². The highest BCUT2D eigenvalue weighted by Crippen LogP contribution is 2.17. The highest BCUT2D eigenvalue weighted by molar-refractivity contribution is 5.60. The summed E-state index contributed by atoms with van der Waals surface area (Å²) in [6, 6.07) is 0. The fourth-order valence-electron chi connectivity index (χ4n) is 4.71. The fourth-order valence-corrected chi connectivity index (χ4v) is 4.71. The van der Waals surface area contributed by atoms with Gasteiger partial charge in [-0.1, -0.05) is 143 Å². The lowest BCUT2D eigenvalue weighted by atomic mass is 10.0. The standard InChI is InChI=1S/C31H62O3/c1-5-9-11-13-15-17-19-21-23-25-27-29(7-3)33-31(32)34-30(8-4)28-26-24-22-20-18-16-14-12-10-6-2/h29-30H,5-28H2,1-4H3. The Morgan fingerprint density at radius 2 is 0.706 bits per heavy atom. The van der Waals surface area contributed by atoms with Crippen LogP contribution in [0.4, 0.5) is 4.79 Å². The third kappa shape index (κ3) is 23.0. The molecule has 0 amide bonds. The largest absolute Gasteiger partial charge is 0.508 e. The highest BCUT2D eigenvalue weighted by Gasteiger charge is 2.17. The summed E-state index contributed by atoms with van der Waals surface area (Å²) >= 11 is 0. The second-order valence-corrected chi connectivity index (χ2v) is 10.5. The molecule has 0 spiro atoms. The fraction of sp³-hybridized carbons (Fsp3) is 0.968. The summed E-state index contributed by atoms with van der Waals surface area (Å²) in [5.41, 5.74) is 0. The molecule has 0 aromatic carbocycles. The first-order valence-electron chi connectivity index (χ1n) is 15.5. The van der Waals surface area contributed by atoms with Crippen molar-refractivity contribution in [2.24, 2.45) is 0 Å². The Morgan fingerprint density at radius 1 is 0.441 bits per heavy atom. The molecule has 204 valence electrons. The summed E-state index contributed by atoms with van der Waals surface area (Å²) in [4.78, 5) is 12.3. The lowest BCUT2D eigenvalue weighted by Gasteiger charge is -2.20. The average molecular weight is 483 g/mol. The minimum Gasteiger partial charge on any atom is -0.431 e. The molecule has 0 aliphatic rings. The van der Waals surface area contributed by atoms with E-state index in [4.69, 9.17) is 9.47 Å². The molecule has 34 heavy (non-hydrogen) atoms. The second-order valence-electron chi connectivity index (χ2n) is 10.5. The van der Waals surface area contributed by atoms with E-state index in [0.717, 1.165) is 38.5 Å². The zero-order chi connectivity index (χ0) is 25.1. The van der Waals surface area contributed by atoms with Gasteiger partial charge in [0, 0.05) is 0 Å². The van der Waals surface area contributed by atoms with Crippen LogP contribution in [0, 0.1) is 0 Å². The molecule has 3 heteroatoms. The van der Waals surface area contributed by atoms with Crippen molar-refractivity contribution >= 4 is 6.16 Å². The first-order valence-corrected chi connectivity index (χ1v) is 15.5. The van der Waals surface area contributed by atoms with Gasteiger partial charge < -0.3 is 9.47 Å². The first kappa shape index (κ1) is 33.3. The number of hydrogen-bond donors (Lipinski definition) is 0. The van der Waals surface area contributed by atoms with Crippen LogP contribution in [0.2, 0.25) is 0 Å². The van der Waals surface area contributed by atoms with Crippen LogP contribution in [0.25, 0.3) is 0 Å². The summed E-state index contributed by atoms with van der Waals surface area (Å²) in [6.45, 7) is 8.76. The van der Waals surface area contributed by atoms with E-state index in [1.165, 1.54) is 116 Å². The van der Waals surface area contributed by atoms with Crippen molar-refractivity contribution in [3.63, 3.8) is 0 Å². The molecular formula is C31H62O3. The topological polar surface area (TPSA) is 35.5 Å². The molecule has 0 rings (SSSR count). The Morgan fingerprint density at radius 3 is 0.971 bits per heavy atom. The lowest BCUT2D eigenvalue weighted by Crippen LogP contribution is -2.23. The molecule has 0 aromatic heterocycles. The van der Waals surface area contributed by atoms with Crippen molar-refractivity contribution in [1.82, 2.24) is 0 Å². The summed E-state index contributed by atoms with van der Waals surface area (Å²) in [7, 11) is 0. The van der Waals surface area contributed by atoms with E-state index in [9.17, 15) is 4.79 Å². The van der Waals surface area contributed by atoms with Crippen LogP contribution >= 0.6 is 0 Å². The molecule has 0 radical (unpaired) electrons. The number of carbonyl (C=O) groups excluding carboxylic acids is 1. The van der Waals surface area contributed by atoms with E-state index in [1.807, 2.05) is 0 Å². The third-order valence-electron chi connectivity index (χ3n) is 7.20. The lowest BCUT2D eigenvalue weighted by molar-refractivity contribution is -0.00867. The maximum absolute atomic E-state index is 12.3. The van der Waals surface area contributed by atoms with Gasteiger partial charge in [-0.15, -0.1) is 0 Å². The second kappa shape index (κ2) is 26.9. The van der Waals surface area contributed by atoms with E-state index in [0.29, 0.717) is 0 Å². The van der Waals surface area contributed by atoms with Gasteiger partial charge in [0.15, 0.2) is 0 Å². The van der Waals surface area contributed by atoms with Gasteiger partial charge in [-0.3, -0.25) is 0 Å². The van der Waals surface area contributed by atoms with Crippen LogP contribution in [-0.2, 0) is 9.47 Å². The van der Waals surface area contributed by atoms with Gasteiger partial charge in [0.2, 0.25) is 0 Å². The van der Waals surface area contributed by atoms with Crippen LogP contribution in [0.15, 0.2) is 0 Å². The van der Waals surface area contributed by atoms with E-state index in [-0.39, 0.29) is 12.2 Å². The number of hydrogen-bond acceptors (Lipinski definition) is 3. The minimum atomic E-state index is -0.446. The molecular weight excluding hydrogens is 420 g/mol. The molecule has 2 unspecified atom stereocenters. The molecule has 0 aliphatic heterocycles. The van der Waals surface area contributed by atoms with E-state index < -0.39 is 6.16 Å².